The first-order chi connectivity index (χ1) is 9.66. The highest BCUT2D eigenvalue weighted by Crippen LogP contribution is 1.77. The smallest absolute Gasteiger partial charge is 0.0564 e. The van der Waals surface area contributed by atoms with Gasteiger partial charge in [0.15, 0.2) is 0 Å². The van der Waals surface area contributed by atoms with E-state index in [9.17, 15) is 0 Å². The second-order valence-electron chi connectivity index (χ2n) is 3.41. The summed E-state index contributed by atoms with van der Waals surface area (Å²) in [6.45, 7) is 29.2. The second kappa shape index (κ2) is 171. The summed E-state index contributed by atoms with van der Waals surface area (Å²) in [7, 11) is 0. The second-order valence-corrected chi connectivity index (χ2v) is 3.41. The largest absolute Gasteiger partial charge is 0.0683 e. The predicted molar refractivity (Wildman–Crippen MR) is 107 cm³/mol. The fraction of sp³-hybridized carbons (Fsp3) is 1.00. The molecule has 0 radical (unpaired) electrons. The van der Waals surface area contributed by atoms with Gasteiger partial charge in [0.05, 0.1) is 0 Å². The number of hydrogen-bond acceptors (Lipinski definition) is 0. The van der Waals surface area contributed by atoms with Crippen LogP contribution in [0.4, 0.5) is 0 Å². The SMILES string of the molecule is CC.CC.CC.CCC.CCC.CCCC.CCCC. The van der Waals surface area contributed by atoms with Crippen LogP contribution in [0.25, 0.3) is 0 Å². The first kappa shape index (κ1) is 42.7. The van der Waals surface area contributed by atoms with Gasteiger partial charge >= 0.3 is 0 Å². The quantitative estimate of drug-likeness (QED) is 0.475. The Morgan fingerprint density at radius 3 is 0.350 bits per heavy atom. The van der Waals surface area contributed by atoms with Gasteiger partial charge in [0.25, 0.3) is 0 Å². The molecule has 0 heterocycles. The zero-order valence-corrected chi connectivity index (χ0v) is 18.2. The average Bonchev–Trinajstić information content (AvgIpc) is 2.54. The minimum absolute atomic E-state index is 1.25. The van der Waals surface area contributed by atoms with Gasteiger partial charge in [0, 0.05) is 0 Å². The highest BCUT2D eigenvalue weighted by atomic mass is 13.6. The van der Waals surface area contributed by atoms with Crippen LogP contribution in [0, 0.1) is 0 Å². The monoisotopic (exact) mass is 294 g/mol. The fourth-order valence-corrected chi connectivity index (χ4v) is 0. The molecule has 0 heteroatoms. The van der Waals surface area contributed by atoms with Crippen LogP contribution >= 0.6 is 0 Å². The summed E-state index contributed by atoms with van der Waals surface area (Å²) >= 11 is 0. The van der Waals surface area contributed by atoms with Crippen LogP contribution in [-0.2, 0) is 0 Å². The van der Waals surface area contributed by atoms with Gasteiger partial charge in [-0.2, -0.15) is 0 Å². The van der Waals surface area contributed by atoms with E-state index >= 15 is 0 Å². The minimum Gasteiger partial charge on any atom is -0.0683 e. The summed E-state index contributed by atoms with van der Waals surface area (Å²) in [5.41, 5.74) is 0. The number of rotatable bonds is 2. The lowest BCUT2D eigenvalue weighted by Gasteiger charge is -1.68. The van der Waals surface area contributed by atoms with Crippen molar-refractivity contribution in [2.24, 2.45) is 0 Å². The first-order valence-corrected chi connectivity index (χ1v) is 9.66. The highest BCUT2D eigenvalue weighted by molar-refractivity contribution is 4.13. The molecule has 0 aliphatic heterocycles. The van der Waals surface area contributed by atoms with Gasteiger partial charge in [0.2, 0.25) is 0 Å². The maximum atomic E-state index is 2.18. The van der Waals surface area contributed by atoms with E-state index in [0.29, 0.717) is 0 Å². The molecule has 0 fully saturated rings. The normalized spacial score (nSPS) is 5.70. The van der Waals surface area contributed by atoms with Crippen LogP contribution in [0.3, 0.4) is 0 Å². The van der Waals surface area contributed by atoms with Crippen molar-refractivity contribution in [1.82, 2.24) is 0 Å². The molecule has 0 unspecified atom stereocenters. The molecule has 0 rings (SSSR count). The highest BCUT2D eigenvalue weighted by Gasteiger charge is 1.56. The third kappa shape index (κ3) is 1300. The molecule has 20 heavy (non-hydrogen) atoms. The Morgan fingerprint density at radius 2 is 0.350 bits per heavy atom. The van der Waals surface area contributed by atoms with E-state index in [2.05, 4.69) is 55.4 Å². The Hall–Kier alpha value is 0. The van der Waals surface area contributed by atoms with Crippen molar-refractivity contribution in [2.75, 3.05) is 0 Å². The van der Waals surface area contributed by atoms with Crippen molar-refractivity contribution in [3.63, 3.8) is 0 Å². The van der Waals surface area contributed by atoms with Crippen molar-refractivity contribution >= 4 is 0 Å². The van der Waals surface area contributed by atoms with Gasteiger partial charge in [0.1, 0.15) is 0 Å². The molecular formula is C20H54. The molecule has 0 saturated heterocycles. The van der Waals surface area contributed by atoms with E-state index in [-0.39, 0.29) is 0 Å². The van der Waals surface area contributed by atoms with Crippen LogP contribution in [0.2, 0.25) is 0 Å². The Kier molecular flexibility index (Phi) is 365. The van der Waals surface area contributed by atoms with Crippen molar-refractivity contribution < 1.29 is 0 Å². The minimum atomic E-state index is 1.25. The molecule has 0 nitrogen and oxygen atoms in total. The molecule has 0 N–H and O–H groups in total. The molecule has 0 spiro atoms. The van der Waals surface area contributed by atoms with Gasteiger partial charge in [-0.25, -0.2) is 0 Å². The van der Waals surface area contributed by atoms with E-state index in [4.69, 9.17) is 0 Å². The summed E-state index contributed by atoms with van der Waals surface area (Å²) in [6, 6.07) is 0. The van der Waals surface area contributed by atoms with Gasteiger partial charge < -0.3 is 0 Å². The van der Waals surface area contributed by atoms with Crippen LogP contribution in [0.5, 0.6) is 0 Å². The molecule has 0 saturated carbocycles. The standard InChI is InChI=1S/2C4H10.2C3H8.3C2H6/c2*1-3-4-2;2*1-3-2;3*1-2/h2*3-4H2,1-2H3;2*3H2,1-2H3;3*1-2H3. The van der Waals surface area contributed by atoms with Crippen LogP contribution < -0.4 is 0 Å². The third-order valence-corrected chi connectivity index (χ3v) is 1.000. The summed E-state index contributed by atoms with van der Waals surface area (Å²) in [5, 5.41) is 0. The lowest BCUT2D eigenvalue weighted by atomic mass is 10.4. The zero-order chi connectivity index (χ0) is 18.2. The average molecular weight is 295 g/mol. The van der Waals surface area contributed by atoms with E-state index < -0.39 is 0 Å². The van der Waals surface area contributed by atoms with E-state index in [1.165, 1.54) is 38.5 Å². The summed E-state index contributed by atoms with van der Waals surface area (Å²) in [6.07, 6.45) is 7.78. The molecule has 0 aromatic heterocycles. The third-order valence-electron chi connectivity index (χ3n) is 1.000. The Balaban J connectivity index is -0.0000000202. The molecule has 134 valence electrons. The maximum absolute atomic E-state index is 2.18. The molecule has 0 bridgehead atoms. The van der Waals surface area contributed by atoms with Gasteiger partial charge in [-0.1, -0.05) is 135 Å². The van der Waals surface area contributed by atoms with E-state index in [0.717, 1.165) is 0 Å². The van der Waals surface area contributed by atoms with Gasteiger partial charge in [-0.05, 0) is 0 Å². The maximum Gasteiger partial charge on any atom is -0.0564 e. The Morgan fingerprint density at radius 1 is 0.300 bits per heavy atom. The van der Waals surface area contributed by atoms with Crippen molar-refractivity contribution in [3.8, 4) is 0 Å². The van der Waals surface area contributed by atoms with Crippen LogP contribution in [-0.4, -0.2) is 0 Å². The molecule has 0 aromatic rings. The number of hydrogen-bond donors (Lipinski definition) is 0. The van der Waals surface area contributed by atoms with Crippen LogP contribution in [0.1, 0.15) is 135 Å². The fourth-order valence-electron chi connectivity index (χ4n) is 0. The lowest BCUT2D eigenvalue weighted by Crippen LogP contribution is -1.47. The Labute approximate surface area is 136 Å². The summed E-state index contributed by atoms with van der Waals surface area (Å²) < 4.78 is 0. The van der Waals surface area contributed by atoms with E-state index in [1.54, 1.807) is 0 Å². The molecule has 0 aliphatic carbocycles. The molecule has 0 aromatic carbocycles. The molecule has 0 aliphatic rings. The lowest BCUT2D eigenvalue weighted by molar-refractivity contribution is 0.886. The molecule has 0 amide bonds. The van der Waals surface area contributed by atoms with Gasteiger partial charge in [-0.3, -0.25) is 0 Å². The van der Waals surface area contributed by atoms with Crippen molar-refractivity contribution in [1.29, 1.82) is 0 Å². The zero-order valence-electron chi connectivity index (χ0n) is 18.2. The van der Waals surface area contributed by atoms with Crippen molar-refractivity contribution in [3.05, 3.63) is 0 Å². The summed E-state index contributed by atoms with van der Waals surface area (Å²) in [5.74, 6) is 0. The topological polar surface area (TPSA) is 0 Å². The first-order valence-electron chi connectivity index (χ1n) is 9.66. The summed E-state index contributed by atoms with van der Waals surface area (Å²) in [4.78, 5) is 0. The Bertz CT molecular complexity index is 21.0. The van der Waals surface area contributed by atoms with Crippen molar-refractivity contribution in [2.45, 2.75) is 135 Å². The number of unbranched alkanes of at least 4 members (excludes halogenated alkanes) is 2. The van der Waals surface area contributed by atoms with E-state index in [1.807, 2.05) is 41.5 Å². The van der Waals surface area contributed by atoms with Crippen LogP contribution in [0.15, 0.2) is 0 Å². The van der Waals surface area contributed by atoms with Gasteiger partial charge in [-0.15, -0.1) is 0 Å². The molecule has 0 atom stereocenters. The predicted octanol–water partition coefficient (Wildman–Crippen LogP) is 9.52. The molecular weight excluding hydrogens is 240 g/mol.